The van der Waals surface area contributed by atoms with Crippen molar-refractivity contribution in [1.29, 1.82) is 0 Å². The molecule has 0 bridgehead atoms. The fraction of sp³-hybridized carbons (Fsp3) is 0.645. The minimum absolute atomic E-state index is 0.0501. The Labute approximate surface area is 197 Å². The van der Waals surface area contributed by atoms with E-state index >= 15 is 0 Å². The number of nitrogens with zero attached hydrogens (tertiary/aromatic N) is 1. The predicted molar refractivity (Wildman–Crippen MR) is 139 cm³/mol. The lowest BCUT2D eigenvalue weighted by Crippen LogP contribution is -2.59. The fourth-order valence-corrected chi connectivity index (χ4v) is 6.61. The zero-order valence-corrected chi connectivity index (χ0v) is 22.7. The smallest absolute Gasteiger partial charge is 0.0705 e. The van der Waals surface area contributed by atoms with E-state index in [0.29, 0.717) is 0 Å². The van der Waals surface area contributed by atoms with Gasteiger partial charge in [-0.15, -0.1) is 0 Å². The highest BCUT2D eigenvalue weighted by atomic mass is 14.7. The van der Waals surface area contributed by atoms with E-state index in [4.69, 9.17) is 4.98 Å². The van der Waals surface area contributed by atoms with Crippen molar-refractivity contribution in [1.82, 2.24) is 4.98 Å². The summed E-state index contributed by atoms with van der Waals surface area (Å²) >= 11 is 0. The van der Waals surface area contributed by atoms with Gasteiger partial charge in [-0.3, -0.25) is 4.98 Å². The lowest BCUT2D eigenvalue weighted by atomic mass is 9.40. The molecule has 0 radical (unpaired) electrons. The number of hydrogen-bond donors (Lipinski definition) is 0. The molecule has 1 heterocycles. The molecule has 0 atom stereocenters. The molecule has 2 aromatic rings. The third kappa shape index (κ3) is 2.85. The van der Waals surface area contributed by atoms with Crippen molar-refractivity contribution in [3.63, 3.8) is 0 Å². The van der Waals surface area contributed by atoms with Crippen molar-refractivity contribution in [3.8, 4) is 11.3 Å². The van der Waals surface area contributed by atoms with E-state index in [0.717, 1.165) is 5.69 Å². The van der Waals surface area contributed by atoms with Gasteiger partial charge in [0.25, 0.3) is 0 Å². The molecular formula is C31H45N. The Kier molecular flexibility index (Phi) is 4.77. The lowest BCUT2D eigenvalue weighted by Gasteiger charge is -2.64. The second-order valence-corrected chi connectivity index (χ2v) is 14.1. The van der Waals surface area contributed by atoms with Crippen LogP contribution in [0.2, 0.25) is 0 Å². The molecule has 0 amide bonds. The molecule has 2 aliphatic carbocycles. The first-order chi connectivity index (χ1) is 14.4. The van der Waals surface area contributed by atoms with Crippen molar-refractivity contribution in [3.05, 3.63) is 52.7 Å². The van der Waals surface area contributed by atoms with Crippen molar-refractivity contribution in [2.45, 2.75) is 118 Å². The van der Waals surface area contributed by atoms with Crippen LogP contribution < -0.4 is 0 Å². The first-order valence-electron chi connectivity index (χ1n) is 12.5. The molecule has 1 aromatic heterocycles. The van der Waals surface area contributed by atoms with Crippen LogP contribution in [0, 0.1) is 10.8 Å². The van der Waals surface area contributed by atoms with E-state index < -0.39 is 0 Å². The van der Waals surface area contributed by atoms with Crippen LogP contribution in [0.25, 0.3) is 11.3 Å². The Balaban J connectivity index is 1.92. The van der Waals surface area contributed by atoms with Crippen LogP contribution in [0.1, 0.15) is 118 Å². The number of hydrogen-bond acceptors (Lipinski definition) is 1. The maximum Gasteiger partial charge on any atom is 0.0705 e. The van der Waals surface area contributed by atoms with E-state index in [9.17, 15) is 0 Å². The second kappa shape index (κ2) is 6.49. The van der Waals surface area contributed by atoms with Gasteiger partial charge in [0.1, 0.15) is 0 Å². The molecule has 0 N–H and O–H groups in total. The van der Waals surface area contributed by atoms with Gasteiger partial charge in [0.2, 0.25) is 0 Å². The summed E-state index contributed by atoms with van der Waals surface area (Å²) in [7, 11) is 0. The number of aromatic nitrogens is 1. The van der Waals surface area contributed by atoms with Gasteiger partial charge in [-0.05, 0) is 79.7 Å². The first kappa shape index (κ1) is 23.5. The quantitative estimate of drug-likeness (QED) is 0.440. The average Bonchev–Trinajstić information content (AvgIpc) is 2.69. The average molecular weight is 432 g/mol. The van der Waals surface area contributed by atoms with Gasteiger partial charge in [0.05, 0.1) is 5.69 Å². The molecule has 0 saturated carbocycles. The third-order valence-corrected chi connectivity index (χ3v) is 11.1. The Morgan fingerprint density at radius 3 is 1.62 bits per heavy atom. The second-order valence-electron chi connectivity index (χ2n) is 14.1. The highest BCUT2D eigenvalue weighted by Gasteiger charge is 2.60. The summed E-state index contributed by atoms with van der Waals surface area (Å²) in [4.78, 5) is 5.07. The van der Waals surface area contributed by atoms with Crippen LogP contribution in [-0.4, -0.2) is 4.98 Å². The molecular weight excluding hydrogens is 386 g/mol. The van der Waals surface area contributed by atoms with Crippen LogP contribution in [0.5, 0.6) is 0 Å². The Bertz CT molecular complexity index is 1080. The minimum atomic E-state index is 0.0501. The van der Waals surface area contributed by atoms with Gasteiger partial charge < -0.3 is 0 Å². The van der Waals surface area contributed by atoms with Crippen LogP contribution >= 0.6 is 0 Å². The topological polar surface area (TPSA) is 12.9 Å². The number of rotatable bonds is 1. The van der Waals surface area contributed by atoms with Crippen LogP contribution in [0.4, 0.5) is 0 Å². The van der Waals surface area contributed by atoms with Crippen molar-refractivity contribution >= 4 is 0 Å². The molecule has 0 fully saturated rings. The summed E-state index contributed by atoms with van der Waals surface area (Å²) in [6.07, 6.45) is 4.67. The summed E-state index contributed by atoms with van der Waals surface area (Å²) in [5.74, 6) is 0. The van der Waals surface area contributed by atoms with Gasteiger partial charge in [0.15, 0.2) is 0 Å². The zero-order valence-electron chi connectivity index (χ0n) is 22.7. The summed E-state index contributed by atoms with van der Waals surface area (Å²) in [5.41, 5.74) is 9.10. The number of benzene rings is 1. The number of pyridine rings is 1. The van der Waals surface area contributed by atoms with E-state index in [1.54, 1.807) is 0 Å². The van der Waals surface area contributed by atoms with E-state index in [-0.39, 0.29) is 32.5 Å². The van der Waals surface area contributed by atoms with Crippen LogP contribution in [0.15, 0.2) is 30.5 Å². The monoisotopic (exact) mass is 431 g/mol. The van der Waals surface area contributed by atoms with E-state index in [1.807, 2.05) is 0 Å². The minimum Gasteiger partial charge on any atom is -0.256 e. The molecule has 32 heavy (non-hydrogen) atoms. The third-order valence-electron chi connectivity index (χ3n) is 11.1. The first-order valence-corrected chi connectivity index (χ1v) is 12.5. The number of fused-ring (bicyclic) bond motifs is 2. The Morgan fingerprint density at radius 1 is 0.562 bits per heavy atom. The van der Waals surface area contributed by atoms with Crippen molar-refractivity contribution < 1.29 is 0 Å². The summed E-state index contributed by atoms with van der Waals surface area (Å²) in [6, 6.07) is 9.55. The molecule has 174 valence electrons. The van der Waals surface area contributed by atoms with Gasteiger partial charge in [-0.1, -0.05) is 95.2 Å². The molecule has 0 unspecified atom stereocenters. The fourth-order valence-electron chi connectivity index (χ4n) is 6.61. The predicted octanol–water partition coefficient (Wildman–Crippen LogP) is 8.72. The molecule has 0 aliphatic heterocycles. The highest BCUT2D eigenvalue weighted by molar-refractivity contribution is 5.65. The molecule has 0 spiro atoms. The molecule has 1 aromatic carbocycles. The normalized spacial score (nSPS) is 25.5. The largest absolute Gasteiger partial charge is 0.256 e. The van der Waals surface area contributed by atoms with Gasteiger partial charge >= 0.3 is 0 Å². The van der Waals surface area contributed by atoms with Crippen molar-refractivity contribution in [2.75, 3.05) is 0 Å². The van der Waals surface area contributed by atoms with Gasteiger partial charge in [-0.2, -0.15) is 0 Å². The molecule has 0 saturated heterocycles. The molecule has 4 rings (SSSR count). The lowest BCUT2D eigenvalue weighted by molar-refractivity contribution is -0.0443. The molecule has 1 nitrogen and oxygen atoms in total. The SMILES string of the molecule is CC1(C)CCC(C)(C)c2cc(-c3cc4c(cn3)C(C)(C)C(C)(C)C(C)(C)C4(C)C)ccc21. The maximum absolute atomic E-state index is 5.07. The summed E-state index contributed by atoms with van der Waals surface area (Å²) in [5, 5.41) is 0. The Morgan fingerprint density at radius 2 is 1.06 bits per heavy atom. The van der Waals surface area contributed by atoms with Gasteiger partial charge in [0, 0.05) is 11.8 Å². The Hall–Kier alpha value is -1.63. The zero-order chi connectivity index (χ0) is 24.1. The molecule has 2 aliphatic rings. The van der Waals surface area contributed by atoms with E-state index in [1.165, 1.54) is 40.7 Å². The van der Waals surface area contributed by atoms with Crippen molar-refractivity contribution in [2.24, 2.45) is 10.8 Å². The standard InChI is InChI=1S/C31H45N/c1-26(2)15-16-27(3,4)22-17-20(13-14-21(22)26)25-18-23-24(19-32-25)29(7,8)31(11,12)30(9,10)28(23,5)6/h13-14,17-19H,15-16H2,1-12H3. The van der Waals surface area contributed by atoms with E-state index in [2.05, 4.69) is 114 Å². The van der Waals surface area contributed by atoms with Crippen LogP contribution in [-0.2, 0) is 21.7 Å². The van der Waals surface area contributed by atoms with Gasteiger partial charge in [-0.25, -0.2) is 0 Å². The summed E-state index contributed by atoms with van der Waals surface area (Å²) < 4.78 is 0. The summed E-state index contributed by atoms with van der Waals surface area (Å²) in [6.45, 7) is 29.1. The highest BCUT2D eigenvalue weighted by Crippen LogP contribution is 2.65. The molecule has 1 heteroatoms. The maximum atomic E-state index is 5.07. The van der Waals surface area contributed by atoms with Crippen LogP contribution in [0.3, 0.4) is 0 Å².